The average Bonchev–Trinajstić information content (AvgIpc) is 3.33. The van der Waals surface area contributed by atoms with Crippen LogP contribution in [0.25, 0.3) is 10.2 Å². The third-order valence-corrected chi connectivity index (χ3v) is 7.13. The molecular weight excluding hydrogens is 569 g/mol. The van der Waals surface area contributed by atoms with E-state index in [4.69, 9.17) is 11.6 Å². The van der Waals surface area contributed by atoms with Crippen LogP contribution < -0.4 is 5.32 Å². The van der Waals surface area contributed by atoms with Gasteiger partial charge in [-0.15, -0.1) is 0 Å². The number of anilines is 1. The number of unbranched alkanes of at least 4 members (excludes halogenated alkanes) is 1. The van der Waals surface area contributed by atoms with Crippen molar-refractivity contribution in [1.82, 2.24) is 4.98 Å². The number of halogens is 4. The maximum absolute atomic E-state index is 13.1. The summed E-state index contributed by atoms with van der Waals surface area (Å²) in [5.74, 6) is 0.0860. The highest BCUT2D eigenvalue weighted by Crippen LogP contribution is 2.37. The number of thiazole rings is 1. The van der Waals surface area contributed by atoms with Crippen LogP contribution in [0.2, 0.25) is 5.02 Å². The Morgan fingerprint density at radius 2 is 1.61 bits per heavy atom. The molecule has 4 nitrogen and oxygen atoms in total. The van der Waals surface area contributed by atoms with Gasteiger partial charge in [0.1, 0.15) is 5.75 Å². The van der Waals surface area contributed by atoms with Crippen molar-refractivity contribution in [3.05, 3.63) is 51.5 Å². The third kappa shape index (κ3) is 13.5. The van der Waals surface area contributed by atoms with Crippen LogP contribution in [0.5, 0.6) is 5.75 Å². The predicted molar refractivity (Wildman–Crippen MR) is 171 cm³/mol. The number of benzene rings is 2. The summed E-state index contributed by atoms with van der Waals surface area (Å²) in [6.45, 7) is 18.7. The second kappa shape index (κ2) is 19.7. The van der Waals surface area contributed by atoms with Gasteiger partial charge in [0.25, 0.3) is 5.91 Å². The first kappa shape index (κ1) is 38.7. The Bertz CT molecular complexity index is 1190. The molecular formula is C32H48ClF3N2O2S. The van der Waals surface area contributed by atoms with Crippen molar-refractivity contribution in [3.63, 3.8) is 0 Å². The minimum atomic E-state index is -4.46. The lowest BCUT2D eigenvalue weighted by Crippen LogP contribution is -2.12. The van der Waals surface area contributed by atoms with Crippen molar-refractivity contribution in [2.24, 2.45) is 5.92 Å². The van der Waals surface area contributed by atoms with E-state index in [2.05, 4.69) is 58.8 Å². The van der Waals surface area contributed by atoms with Crippen molar-refractivity contribution in [2.75, 3.05) is 5.32 Å². The fraction of sp³-hybridized carbons (Fsp3) is 0.562. The van der Waals surface area contributed by atoms with Crippen molar-refractivity contribution in [1.29, 1.82) is 0 Å². The maximum atomic E-state index is 13.1. The van der Waals surface area contributed by atoms with E-state index < -0.39 is 17.6 Å². The monoisotopic (exact) mass is 616 g/mol. The van der Waals surface area contributed by atoms with Crippen molar-refractivity contribution >= 4 is 44.2 Å². The Morgan fingerprint density at radius 3 is 2.05 bits per heavy atom. The Balaban J connectivity index is 0.000000953. The van der Waals surface area contributed by atoms with Gasteiger partial charge in [-0.25, -0.2) is 4.98 Å². The summed E-state index contributed by atoms with van der Waals surface area (Å²) in [5.41, 5.74) is 0.498. The summed E-state index contributed by atoms with van der Waals surface area (Å²) in [4.78, 5) is 16.7. The first-order valence-electron chi connectivity index (χ1n) is 14.5. The number of alkyl halides is 3. The van der Waals surface area contributed by atoms with Crippen LogP contribution in [-0.4, -0.2) is 16.0 Å². The summed E-state index contributed by atoms with van der Waals surface area (Å²) in [6, 6.07) is 4.91. The van der Waals surface area contributed by atoms with Crippen LogP contribution in [0.4, 0.5) is 18.3 Å². The highest BCUT2D eigenvalue weighted by Gasteiger charge is 2.32. The second-order valence-electron chi connectivity index (χ2n) is 9.93. The van der Waals surface area contributed by atoms with E-state index >= 15 is 0 Å². The predicted octanol–water partition coefficient (Wildman–Crippen LogP) is 11.9. The van der Waals surface area contributed by atoms with Crippen LogP contribution >= 0.6 is 22.9 Å². The van der Waals surface area contributed by atoms with E-state index in [9.17, 15) is 23.1 Å². The molecule has 41 heavy (non-hydrogen) atoms. The van der Waals surface area contributed by atoms with Crippen molar-refractivity contribution < 1.29 is 23.1 Å². The summed E-state index contributed by atoms with van der Waals surface area (Å²) >= 11 is 6.86. The fourth-order valence-corrected chi connectivity index (χ4v) is 4.58. The quantitative estimate of drug-likeness (QED) is 0.277. The maximum Gasteiger partial charge on any atom is 0.416 e. The molecule has 1 aromatic heterocycles. The number of carbonyl (C=O) groups is 1. The number of hydrogen-bond acceptors (Lipinski definition) is 4. The molecule has 0 aliphatic carbocycles. The van der Waals surface area contributed by atoms with Crippen LogP contribution in [-0.2, 0) is 12.6 Å². The van der Waals surface area contributed by atoms with E-state index in [1.54, 1.807) is 13.8 Å². The SMILES string of the molecule is CCC.CCCC.CCCC(C)CC.CCc1cc(C(F)(F)F)cc2sc(NC(=O)c3cc(Cl)cc(C)c3O)nc12. The molecule has 2 aromatic carbocycles. The summed E-state index contributed by atoms with van der Waals surface area (Å²) in [7, 11) is 0. The van der Waals surface area contributed by atoms with Crippen LogP contribution in [0.1, 0.15) is 121 Å². The fourth-order valence-electron chi connectivity index (χ4n) is 3.36. The van der Waals surface area contributed by atoms with Gasteiger partial charge in [0.15, 0.2) is 5.13 Å². The van der Waals surface area contributed by atoms with Gasteiger partial charge in [0.05, 0.1) is 21.3 Å². The van der Waals surface area contributed by atoms with Gasteiger partial charge >= 0.3 is 6.18 Å². The zero-order chi connectivity index (χ0) is 31.8. The molecule has 2 N–H and O–H groups in total. The third-order valence-electron chi connectivity index (χ3n) is 5.99. The molecule has 0 spiro atoms. The molecule has 0 saturated heterocycles. The number of phenolic OH excluding ortho intramolecular Hbond substituents is 1. The molecule has 3 aromatic rings. The van der Waals surface area contributed by atoms with E-state index in [0.717, 1.165) is 29.4 Å². The number of rotatable bonds is 7. The summed E-state index contributed by atoms with van der Waals surface area (Å²) < 4.78 is 39.5. The molecule has 0 saturated carbocycles. The highest BCUT2D eigenvalue weighted by atomic mass is 35.5. The van der Waals surface area contributed by atoms with Crippen molar-refractivity contribution in [3.8, 4) is 5.75 Å². The number of carbonyl (C=O) groups excluding carboxylic acids is 1. The smallest absolute Gasteiger partial charge is 0.416 e. The van der Waals surface area contributed by atoms with Gasteiger partial charge in [0, 0.05) is 5.02 Å². The lowest BCUT2D eigenvalue weighted by molar-refractivity contribution is -0.137. The lowest BCUT2D eigenvalue weighted by atomic mass is 10.0. The lowest BCUT2D eigenvalue weighted by Gasteiger charge is -2.08. The number of nitrogens with zero attached hydrogens (tertiary/aromatic N) is 1. The topological polar surface area (TPSA) is 62.2 Å². The molecule has 9 heteroatoms. The normalized spacial score (nSPS) is 11.3. The number of aryl methyl sites for hydroxylation is 2. The molecule has 3 rings (SSSR count). The number of aromatic nitrogens is 1. The molecule has 0 fully saturated rings. The first-order valence-corrected chi connectivity index (χ1v) is 15.7. The molecule has 0 bridgehead atoms. The van der Waals surface area contributed by atoms with Crippen LogP contribution in [0.15, 0.2) is 24.3 Å². The van der Waals surface area contributed by atoms with Gasteiger partial charge in [-0.2, -0.15) is 13.2 Å². The van der Waals surface area contributed by atoms with E-state index in [0.29, 0.717) is 27.8 Å². The van der Waals surface area contributed by atoms with Gasteiger partial charge in [-0.3, -0.25) is 10.1 Å². The largest absolute Gasteiger partial charge is 0.507 e. The number of amides is 1. The van der Waals surface area contributed by atoms with E-state index in [-0.39, 0.29) is 21.5 Å². The molecule has 1 amide bonds. The Hall–Kier alpha value is -2.32. The second-order valence-corrected chi connectivity index (χ2v) is 11.4. The van der Waals surface area contributed by atoms with Crippen LogP contribution in [0, 0.1) is 12.8 Å². The zero-order valence-electron chi connectivity index (χ0n) is 26.1. The number of nitrogens with one attached hydrogen (secondary N) is 1. The summed E-state index contributed by atoms with van der Waals surface area (Å²) in [6.07, 6.45) is 3.88. The average molecular weight is 617 g/mol. The summed E-state index contributed by atoms with van der Waals surface area (Å²) in [5, 5.41) is 13.0. The zero-order valence-corrected chi connectivity index (χ0v) is 27.6. The standard InChI is InChI=1S/C18H14ClF3N2O2S.C7H16.C4H10.C3H8/c1-3-9-5-10(18(20,21)22)6-13-14(9)23-17(27-13)24-16(26)12-7-11(19)4-8(2)15(12)25;1-4-6-7(3)5-2;1-3-4-2;1-3-2/h4-7,25H,3H2,1-2H3,(H,23,24,26);7H,4-6H2,1-3H3;3-4H2,1-2H3;3H2,1-2H3. The molecule has 232 valence electrons. The van der Waals surface area contributed by atoms with Crippen LogP contribution in [0.3, 0.4) is 0 Å². The Labute approximate surface area is 253 Å². The molecule has 0 aliphatic heterocycles. The van der Waals surface area contributed by atoms with Crippen molar-refractivity contribution in [2.45, 2.75) is 113 Å². The Morgan fingerprint density at radius 1 is 1.02 bits per heavy atom. The van der Waals surface area contributed by atoms with E-state index in [1.807, 2.05) is 0 Å². The minimum absolute atomic E-state index is 0.0362. The molecule has 1 heterocycles. The molecule has 1 unspecified atom stereocenters. The number of aromatic hydroxyl groups is 1. The molecule has 0 radical (unpaired) electrons. The minimum Gasteiger partial charge on any atom is -0.507 e. The number of fused-ring (bicyclic) bond motifs is 1. The van der Waals surface area contributed by atoms with Gasteiger partial charge in [-0.1, -0.05) is 117 Å². The molecule has 1 atom stereocenters. The van der Waals surface area contributed by atoms with Gasteiger partial charge in [0.2, 0.25) is 0 Å². The van der Waals surface area contributed by atoms with Gasteiger partial charge < -0.3 is 5.11 Å². The molecule has 0 aliphatic rings. The highest BCUT2D eigenvalue weighted by molar-refractivity contribution is 7.22. The van der Waals surface area contributed by atoms with E-state index in [1.165, 1.54) is 50.7 Å². The first-order chi connectivity index (χ1) is 19.2. The number of hydrogen-bond donors (Lipinski definition) is 2. The van der Waals surface area contributed by atoms with Gasteiger partial charge in [-0.05, 0) is 54.7 Å². The Kier molecular flexibility index (Phi) is 18.6. The number of phenols is 1.